The maximum atomic E-state index is 11.8. The van der Waals surface area contributed by atoms with Crippen LogP contribution < -0.4 is 5.32 Å². The zero-order chi connectivity index (χ0) is 15.5. The maximum Gasteiger partial charge on any atom is 0.408 e. The molecule has 5 nitrogen and oxygen atoms in total. The molecule has 0 spiro atoms. The first-order valence-corrected chi connectivity index (χ1v) is 7.13. The number of hydrogen-bond acceptors (Lipinski definition) is 3. The van der Waals surface area contributed by atoms with Crippen LogP contribution in [0.25, 0.3) is 0 Å². The summed E-state index contributed by atoms with van der Waals surface area (Å²) in [7, 11) is 0. The monoisotopic (exact) mass is 281 g/mol. The standard InChI is InChI=1S/C15H27N3O2/c1-10(2)12(4)18-9-16-8-13(18)11(3)17-14(19)20-15(5,6)7/h8-12H,1-7H3,(H,17,19). The van der Waals surface area contributed by atoms with Crippen LogP contribution in [-0.2, 0) is 4.74 Å². The number of imidazole rings is 1. The van der Waals surface area contributed by atoms with Crippen molar-refractivity contribution in [2.24, 2.45) is 5.92 Å². The highest BCUT2D eigenvalue weighted by molar-refractivity contribution is 5.68. The third-order valence-electron chi connectivity index (χ3n) is 3.28. The van der Waals surface area contributed by atoms with Crippen LogP contribution in [0, 0.1) is 5.92 Å². The first kappa shape index (κ1) is 16.5. The van der Waals surface area contributed by atoms with Crippen molar-refractivity contribution in [3.63, 3.8) is 0 Å². The zero-order valence-electron chi connectivity index (χ0n) is 13.6. The molecule has 0 aliphatic heterocycles. The average Bonchev–Trinajstić information content (AvgIpc) is 2.73. The van der Waals surface area contributed by atoms with E-state index in [2.05, 4.69) is 35.6 Å². The summed E-state index contributed by atoms with van der Waals surface area (Å²) in [6, 6.07) is 0.184. The molecule has 1 amide bonds. The highest BCUT2D eigenvalue weighted by Crippen LogP contribution is 2.22. The summed E-state index contributed by atoms with van der Waals surface area (Å²) in [5.74, 6) is 0.497. The van der Waals surface area contributed by atoms with E-state index in [1.165, 1.54) is 0 Å². The quantitative estimate of drug-likeness (QED) is 0.915. The lowest BCUT2D eigenvalue weighted by molar-refractivity contribution is 0.0505. The molecule has 1 heterocycles. The second-order valence-corrected chi connectivity index (χ2v) is 6.58. The number of alkyl carbamates (subject to hydrolysis) is 1. The van der Waals surface area contributed by atoms with Gasteiger partial charge >= 0.3 is 6.09 Å². The van der Waals surface area contributed by atoms with Gasteiger partial charge in [0.15, 0.2) is 0 Å². The molecule has 0 radical (unpaired) electrons. The van der Waals surface area contributed by atoms with Crippen LogP contribution in [0.4, 0.5) is 4.79 Å². The minimum atomic E-state index is -0.491. The van der Waals surface area contributed by atoms with Crippen LogP contribution in [0.1, 0.15) is 66.2 Å². The summed E-state index contributed by atoms with van der Waals surface area (Å²) in [6.45, 7) is 14.0. The van der Waals surface area contributed by atoms with Gasteiger partial charge in [0.05, 0.1) is 24.3 Å². The first-order valence-electron chi connectivity index (χ1n) is 7.13. The molecule has 0 saturated carbocycles. The summed E-state index contributed by atoms with van der Waals surface area (Å²) in [6.07, 6.45) is 3.20. The second-order valence-electron chi connectivity index (χ2n) is 6.58. The van der Waals surface area contributed by atoms with Crippen molar-refractivity contribution in [2.45, 2.75) is 66.2 Å². The van der Waals surface area contributed by atoms with Crippen LogP contribution in [0.5, 0.6) is 0 Å². The van der Waals surface area contributed by atoms with Crippen molar-refractivity contribution in [2.75, 3.05) is 0 Å². The SMILES string of the molecule is CC(NC(=O)OC(C)(C)C)c1cncn1C(C)C(C)C. The molecule has 1 N–H and O–H groups in total. The Bertz CT molecular complexity index is 446. The Hall–Kier alpha value is -1.52. The van der Waals surface area contributed by atoms with Crippen molar-refractivity contribution in [3.05, 3.63) is 18.2 Å². The fourth-order valence-corrected chi connectivity index (χ4v) is 1.87. The fourth-order valence-electron chi connectivity index (χ4n) is 1.87. The van der Waals surface area contributed by atoms with Gasteiger partial charge in [0, 0.05) is 6.04 Å². The molecule has 1 aromatic heterocycles. The summed E-state index contributed by atoms with van der Waals surface area (Å²) in [4.78, 5) is 16.0. The molecule has 0 aliphatic rings. The topological polar surface area (TPSA) is 56.1 Å². The summed E-state index contributed by atoms with van der Waals surface area (Å²) >= 11 is 0. The molecule has 5 heteroatoms. The van der Waals surface area contributed by atoms with Crippen LogP contribution >= 0.6 is 0 Å². The number of ether oxygens (including phenoxy) is 1. The fraction of sp³-hybridized carbons (Fsp3) is 0.733. The van der Waals surface area contributed by atoms with Gasteiger partial charge in [-0.2, -0.15) is 0 Å². The molecule has 0 bridgehead atoms. The van der Waals surface area contributed by atoms with Gasteiger partial charge in [0.25, 0.3) is 0 Å². The van der Waals surface area contributed by atoms with Gasteiger partial charge in [0.1, 0.15) is 5.60 Å². The second kappa shape index (κ2) is 6.29. The third kappa shape index (κ3) is 4.54. The van der Waals surface area contributed by atoms with E-state index in [4.69, 9.17) is 4.74 Å². The number of hydrogen-bond donors (Lipinski definition) is 1. The Morgan fingerprint density at radius 3 is 2.40 bits per heavy atom. The minimum Gasteiger partial charge on any atom is -0.444 e. The lowest BCUT2D eigenvalue weighted by Crippen LogP contribution is -2.35. The maximum absolute atomic E-state index is 11.8. The molecular weight excluding hydrogens is 254 g/mol. The first-order chi connectivity index (χ1) is 9.11. The van der Waals surface area contributed by atoms with Gasteiger partial charge in [-0.15, -0.1) is 0 Å². The van der Waals surface area contributed by atoms with Crippen LogP contribution in [0.3, 0.4) is 0 Å². The van der Waals surface area contributed by atoms with E-state index in [0.717, 1.165) is 5.69 Å². The lowest BCUT2D eigenvalue weighted by atomic mass is 10.1. The largest absolute Gasteiger partial charge is 0.444 e. The molecule has 1 aromatic rings. The number of nitrogens with one attached hydrogen (secondary N) is 1. The number of rotatable bonds is 4. The molecule has 1 rings (SSSR count). The van der Waals surface area contributed by atoms with Crippen molar-refractivity contribution in [1.82, 2.24) is 14.9 Å². The molecule has 0 saturated heterocycles. The zero-order valence-corrected chi connectivity index (χ0v) is 13.6. The number of aromatic nitrogens is 2. The molecule has 20 heavy (non-hydrogen) atoms. The Morgan fingerprint density at radius 2 is 1.90 bits per heavy atom. The Balaban J connectivity index is 2.76. The van der Waals surface area contributed by atoms with E-state index in [9.17, 15) is 4.79 Å². The Labute approximate surface area is 121 Å². The van der Waals surface area contributed by atoms with E-state index in [0.29, 0.717) is 12.0 Å². The number of nitrogens with zero attached hydrogens (tertiary/aromatic N) is 2. The normalized spacial score (nSPS) is 15.0. The van der Waals surface area contributed by atoms with Crippen molar-refractivity contribution < 1.29 is 9.53 Å². The van der Waals surface area contributed by atoms with Crippen molar-refractivity contribution in [1.29, 1.82) is 0 Å². The average molecular weight is 281 g/mol. The minimum absolute atomic E-state index is 0.145. The highest BCUT2D eigenvalue weighted by Gasteiger charge is 2.21. The van der Waals surface area contributed by atoms with Gasteiger partial charge in [-0.05, 0) is 40.5 Å². The summed E-state index contributed by atoms with van der Waals surface area (Å²) in [5, 5.41) is 2.85. The lowest BCUT2D eigenvalue weighted by Gasteiger charge is -2.25. The smallest absolute Gasteiger partial charge is 0.408 e. The van der Waals surface area contributed by atoms with Crippen molar-refractivity contribution in [3.8, 4) is 0 Å². The van der Waals surface area contributed by atoms with Crippen LogP contribution in [0.2, 0.25) is 0 Å². The van der Waals surface area contributed by atoms with Crippen LogP contribution in [-0.4, -0.2) is 21.2 Å². The Kier molecular flexibility index (Phi) is 5.20. The highest BCUT2D eigenvalue weighted by atomic mass is 16.6. The van der Waals surface area contributed by atoms with Crippen LogP contribution in [0.15, 0.2) is 12.5 Å². The third-order valence-corrected chi connectivity index (χ3v) is 3.28. The number of amides is 1. The van der Waals surface area contributed by atoms with Gasteiger partial charge in [-0.3, -0.25) is 0 Å². The van der Waals surface area contributed by atoms with Gasteiger partial charge in [-0.25, -0.2) is 9.78 Å². The molecule has 2 atom stereocenters. The van der Waals surface area contributed by atoms with Gasteiger partial charge in [0.2, 0.25) is 0 Å². The van der Waals surface area contributed by atoms with E-state index < -0.39 is 11.7 Å². The van der Waals surface area contributed by atoms with Crippen molar-refractivity contribution >= 4 is 6.09 Å². The molecule has 114 valence electrons. The molecule has 0 aliphatic carbocycles. The molecule has 2 unspecified atom stereocenters. The molecular formula is C15H27N3O2. The van der Waals surface area contributed by atoms with E-state index in [-0.39, 0.29) is 6.04 Å². The van der Waals surface area contributed by atoms with E-state index in [1.54, 1.807) is 6.20 Å². The number of carbonyl (C=O) groups excluding carboxylic acids is 1. The number of carbonyl (C=O) groups is 1. The molecule has 0 fully saturated rings. The molecule has 0 aromatic carbocycles. The van der Waals surface area contributed by atoms with Gasteiger partial charge in [-0.1, -0.05) is 13.8 Å². The van der Waals surface area contributed by atoms with E-state index in [1.807, 2.05) is 34.0 Å². The Morgan fingerprint density at radius 1 is 1.30 bits per heavy atom. The summed E-state index contributed by atoms with van der Waals surface area (Å²) < 4.78 is 7.38. The van der Waals surface area contributed by atoms with Gasteiger partial charge < -0.3 is 14.6 Å². The summed E-state index contributed by atoms with van der Waals surface area (Å²) in [5.41, 5.74) is 0.493. The predicted molar refractivity (Wildman–Crippen MR) is 79.6 cm³/mol. The van der Waals surface area contributed by atoms with E-state index >= 15 is 0 Å². The predicted octanol–water partition coefficient (Wildman–Crippen LogP) is 3.69.